The van der Waals surface area contributed by atoms with Crippen LogP contribution in [0.1, 0.15) is 37.2 Å². The largest absolute Gasteiger partial charge is 0.350 e. The van der Waals surface area contributed by atoms with E-state index in [0.29, 0.717) is 11.4 Å². The van der Waals surface area contributed by atoms with Crippen molar-refractivity contribution >= 4 is 10.9 Å². The Hall–Kier alpha value is -3.34. The van der Waals surface area contributed by atoms with E-state index in [2.05, 4.69) is 4.98 Å². The van der Waals surface area contributed by atoms with Crippen LogP contribution < -0.4 is 11.1 Å². The first-order chi connectivity index (χ1) is 14.5. The van der Waals surface area contributed by atoms with Crippen molar-refractivity contribution in [3.05, 3.63) is 81.1 Å². The molecule has 3 aromatic heterocycles. The normalized spacial score (nSPS) is 14.6. The van der Waals surface area contributed by atoms with Gasteiger partial charge in [0.2, 0.25) is 0 Å². The monoisotopic (exact) mass is 399 g/mol. The summed E-state index contributed by atoms with van der Waals surface area (Å²) in [7, 11) is 3.58. The number of nitrogens with one attached hydrogen (secondary N) is 1. The zero-order chi connectivity index (χ0) is 20.8. The van der Waals surface area contributed by atoms with E-state index in [0.717, 1.165) is 40.6 Å². The van der Waals surface area contributed by atoms with Crippen molar-refractivity contribution in [2.45, 2.75) is 31.6 Å². The maximum absolute atomic E-state index is 12.9. The highest BCUT2D eigenvalue weighted by Crippen LogP contribution is 2.40. The van der Waals surface area contributed by atoms with Crippen LogP contribution in [-0.4, -0.2) is 14.1 Å². The standard InChI is InChI=1S/C25H25N3O2/c1-27-14-20(16-8-6-7-9-16)18(13-23(27)29)21-15-28(2)25(30)24-19(21)12-22(26-24)17-10-4-3-5-11-17/h3-5,10-16,26H,6-9H2,1-2H3. The lowest BCUT2D eigenvalue weighted by atomic mass is 9.90. The number of rotatable bonds is 3. The summed E-state index contributed by atoms with van der Waals surface area (Å²) in [6.07, 6.45) is 8.59. The number of hydrogen-bond acceptors (Lipinski definition) is 2. The molecule has 1 saturated carbocycles. The van der Waals surface area contributed by atoms with Gasteiger partial charge in [-0.25, -0.2) is 0 Å². The van der Waals surface area contributed by atoms with Gasteiger partial charge < -0.3 is 14.1 Å². The average molecular weight is 399 g/mol. The minimum absolute atomic E-state index is 0.0347. The van der Waals surface area contributed by atoms with Crippen molar-refractivity contribution in [1.82, 2.24) is 14.1 Å². The number of nitrogens with zero attached hydrogens (tertiary/aromatic N) is 2. The van der Waals surface area contributed by atoms with Crippen LogP contribution in [0.3, 0.4) is 0 Å². The van der Waals surface area contributed by atoms with Crippen LogP contribution >= 0.6 is 0 Å². The summed E-state index contributed by atoms with van der Waals surface area (Å²) >= 11 is 0. The van der Waals surface area contributed by atoms with Gasteiger partial charge in [-0.2, -0.15) is 0 Å². The van der Waals surface area contributed by atoms with Gasteiger partial charge in [-0.05, 0) is 41.5 Å². The molecule has 0 radical (unpaired) electrons. The zero-order valence-corrected chi connectivity index (χ0v) is 17.3. The third-order valence-corrected chi connectivity index (χ3v) is 6.39. The number of aromatic nitrogens is 3. The van der Waals surface area contributed by atoms with E-state index in [-0.39, 0.29) is 11.1 Å². The number of aromatic amines is 1. The molecule has 0 bridgehead atoms. The van der Waals surface area contributed by atoms with Gasteiger partial charge >= 0.3 is 0 Å². The summed E-state index contributed by atoms with van der Waals surface area (Å²) in [6.45, 7) is 0. The Morgan fingerprint density at radius 1 is 0.900 bits per heavy atom. The Morgan fingerprint density at radius 2 is 1.63 bits per heavy atom. The van der Waals surface area contributed by atoms with Gasteiger partial charge in [0.25, 0.3) is 11.1 Å². The van der Waals surface area contributed by atoms with E-state index in [1.54, 1.807) is 22.2 Å². The lowest BCUT2D eigenvalue weighted by Crippen LogP contribution is -2.19. The Balaban J connectivity index is 1.81. The summed E-state index contributed by atoms with van der Waals surface area (Å²) < 4.78 is 3.28. The summed E-state index contributed by atoms with van der Waals surface area (Å²) in [5.74, 6) is 0.451. The molecule has 1 N–H and O–H groups in total. The second-order valence-electron chi connectivity index (χ2n) is 8.37. The molecule has 3 heterocycles. The van der Waals surface area contributed by atoms with Gasteiger partial charge in [0.1, 0.15) is 5.52 Å². The number of fused-ring (bicyclic) bond motifs is 1. The van der Waals surface area contributed by atoms with Crippen molar-refractivity contribution in [3.63, 3.8) is 0 Å². The minimum atomic E-state index is -0.0674. The average Bonchev–Trinajstić information content (AvgIpc) is 3.44. The Bertz CT molecular complexity index is 1350. The number of H-pyrrole nitrogens is 1. The molecule has 0 amide bonds. The first-order valence-corrected chi connectivity index (χ1v) is 10.5. The molecule has 0 spiro atoms. The number of pyridine rings is 2. The van der Waals surface area contributed by atoms with Crippen LogP contribution in [0, 0.1) is 0 Å². The van der Waals surface area contributed by atoms with Crippen molar-refractivity contribution in [1.29, 1.82) is 0 Å². The molecule has 5 heteroatoms. The Morgan fingerprint density at radius 3 is 2.37 bits per heavy atom. The van der Waals surface area contributed by atoms with Gasteiger partial charge in [-0.1, -0.05) is 43.2 Å². The highest BCUT2D eigenvalue weighted by atomic mass is 16.1. The summed E-state index contributed by atoms with van der Waals surface area (Å²) in [5, 5.41) is 0.865. The maximum Gasteiger partial charge on any atom is 0.274 e. The van der Waals surface area contributed by atoms with Crippen LogP contribution in [-0.2, 0) is 14.1 Å². The predicted molar refractivity (Wildman–Crippen MR) is 121 cm³/mol. The lowest BCUT2D eigenvalue weighted by Gasteiger charge is -2.18. The molecule has 4 aromatic rings. The first kappa shape index (κ1) is 18.7. The molecule has 1 aliphatic carbocycles. The molecule has 1 aliphatic rings. The Labute approximate surface area is 174 Å². The Kier molecular flexibility index (Phi) is 4.46. The smallest absolute Gasteiger partial charge is 0.274 e. The van der Waals surface area contributed by atoms with Crippen LogP contribution in [0.2, 0.25) is 0 Å². The van der Waals surface area contributed by atoms with Gasteiger partial charge in [-0.3, -0.25) is 9.59 Å². The third kappa shape index (κ3) is 3.02. The van der Waals surface area contributed by atoms with E-state index < -0.39 is 0 Å². The number of benzene rings is 1. The fourth-order valence-electron chi connectivity index (χ4n) is 4.77. The van der Waals surface area contributed by atoms with Crippen molar-refractivity contribution in [2.24, 2.45) is 14.1 Å². The molecule has 152 valence electrons. The van der Waals surface area contributed by atoms with Crippen molar-refractivity contribution in [3.8, 4) is 22.4 Å². The number of aryl methyl sites for hydroxylation is 2. The highest BCUT2D eigenvalue weighted by Gasteiger charge is 2.23. The summed E-state index contributed by atoms with van der Waals surface area (Å²) in [4.78, 5) is 28.8. The number of hydrogen-bond donors (Lipinski definition) is 1. The quantitative estimate of drug-likeness (QED) is 0.549. The van der Waals surface area contributed by atoms with E-state index >= 15 is 0 Å². The van der Waals surface area contributed by atoms with Crippen molar-refractivity contribution < 1.29 is 0 Å². The van der Waals surface area contributed by atoms with E-state index in [1.165, 1.54) is 18.4 Å². The first-order valence-electron chi connectivity index (χ1n) is 10.5. The fourth-order valence-corrected chi connectivity index (χ4v) is 4.77. The van der Waals surface area contributed by atoms with Crippen LogP contribution in [0.15, 0.2) is 64.4 Å². The predicted octanol–water partition coefficient (Wildman–Crippen LogP) is 4.56. The minimum Gasteiger partial charge on any atom is -0.350 e. The maximum atomic E-state index is 12.9. The fraction of sp³-hybridized carbons (Fsp3) is 0.280. The van der Waals surface area contributed by atoms with Gasteiger partial charge in [0.05, 0.1) is 0 Å². The lowest BCUT2D eigenvalue weighted by molar-refractivity contribution is 0.705. The van der Waals surface area contributed by atoms with Gasteiger partial charge in [0.15, 0.2) is 0 Å². The van der Waals surface area contributed by atoms with E-state index in [1.807, 2.05) is 55.8 Å². The summed E-state index contributed by atoms with van der Waals surface area (Å²) in [5.41, 5.74) is 5.50. The van der Waals surface area contributed by atoms with Crippen LogP contribution in [0.25, 0.3) is 33.3 Å². The van der Waals surface area contributed by atoms with Gasteiger partial charge in [0, 0.05) is 49.2 Å². The molecule has 1 fully saturated rings. The zero-order valence-electron chi connectivity index (χ0n) is 17.3. The molecule has 0 unspecified atom stereocenters. The highest BCUT2D eigenvalue weighted by molar-refractivity contribution is 5.98. The SMILES string of the molecule is Cn1cc(C2CCCC2)c(-c2cn(C)c(=O)c3[nH]c(-c4ccccc4)cc23)cc1=O. The van der Waals surface area contributed by atoms with Crippen molar-refractivity contribution in [2.75, 3.05) is 0 Å². The molecule has 0 aliphatic heterocycles. The molecule has 5 rings (SSSR count). The molecule has 0 atom stereocenters. The van der Waals surface area contributed by atoms with E-state index in [9.17, 15) is 9.59 Å². The molecule has 30 heavy (non-hydrogen) atoms. The second kappa shape index (κ2) is 7.17. The molecule has 1 aromatic carbocycles. The van der Waals surface area contributed by atoms with Crippen LogP contribution in [0.5, 0.6) is 0 Å². The van der Waals surface area contributed by atoms with Crippen LogP contribution in [0.4, 0.5) is 0 Å². The summed E-state index contributed by atoms with van der Waals surface area (Å²) in [6, 6.07) is 13.8. The molecule has 5 nitrogen and oxygen atoms in total. The topological polar surface area (TPSA) is 59.8 Å². The molecular formula is C25H25N3O2. The van der Waals surface area contributed by atoms with Gasteiger partial charge in [-0.15, -0.1) is 0 Å². The third-order valence-electron chi connectivity index (χ3n) is 6.39. The molecular weight excluding hydrogens is 374 g/mol. The molecule has 0 saturated heterocycles. The second-order valence-corrected chi connectivity index (χ2v) is 8.37. The van der Waals surface area contributed by atoms with E-state index in [4.69, 9.17) is 0 Å².